The van der Waals surface area contributed by atoms with Crippen LogP contribution in [0.15, 0.2) is 0 Å². The third-order valence-corrected chi connectivity index (χ3v) is 5.47. The zero-order valence-electron chi connectivity index (χ0n) is 16.7. The highest BCUT2D eigenvalue weighted by Crippen LogP contribution is 2.30. The maximum atomic E-state index is 12.8. The lowest BCUT2D eigenvalue weighted by Gasteiger charge is -2.35. The van der Waals surface area contributed by atoms with Crippen molar-refractivity contribution < 1.29 is 27.9 Å². The molecule has 162 valence electrons. The summed E-state index contributed by atoms with van der Waals surface area (Å²) in [6.45, 7) is 4.07. The number of alkyl halides is 3. The molecule has 0 aliphatic carbocycles. The SMILES string of the molecule is Cc1nc(C(F)(F)F)nc(N)c1CCC1CCN(C(=O)[C@H](C)N(C)C(=O)O)CC1. The van der Waals surface area contributed by atoms with Gasteiger partial charge in [0, 0.05) is 31.4 Å². The number of rotatable bonds is 5. The van der Waals surface area contributed by atoms with Gasteiger partial charge in [-0.05, 0) is 45.4 Å². The molecule has 1 aliphatic rings. The van der Waals surface area contributed by atoms with E-state index in [-0.39, 0.29) is 23.3 Å². The van der Waals surface area contributed by atoms with E-state index in [0.717, 1.165) is 17.7 Å². The molecule has 1 aliphatic heterocycles. The van der Waals surface area contributed by atoms with E-state index in [1.165, 1.54) is 14.0 Å². The molecule has 0 unspecified atom stereocenters. The molecule has 1 aromatic heterocycles. The van der Waals surface area contributed by atoms with Gasteiger partial charge in [-0.2, -0.15) is 13.2 Å². The quantitative estimate of drug-likeness (QED) is 0.761. The minimum atomic E-state index is -4.64. The Morgan fingerprint density at radius 2 is 1.90 bits per heavy atom. The van der Waals surface area contributed by atoms with Gasteiger partial charge in [-0.3, -0.25) is 9.69 Å². The fourth-order valence-electron chi connectivity index (χ4n) is 3.44. The Kier molecular flexibility index (Phi) is 6.91. The number of hydrogen-bond acceptors (Lipinski definition) is 5. The van der Waals surface area contributed by atoms with Gasteiger partial charge in [0.25, 0.3) is 0 Å². The number of amides is 2. The Labute approximate surface area is 166 Å². The van der Waals surface area contributed by atoms with E-state index in [9.17, 15) is 22.8 Å². The van der Waals surface area contributed by atoms with Crippen LogP contribution in [0.1, 0.15) is 43.3 Å². The molecule has 11 heteroatoms. The minimum absolute atomic E-state index is 0.150. The van der Waals surface area contributed by atoms with Gasteiger partial charge in [0.05, 0.1) is 0 Å². The van der Waals surface area contributed by atoms with Crippen molar-refractivity contribution in [3.63, 3.8) is 0 Å². The summed E-state index contributed by atoms with van der Waals surface area (Å²) in [5, 5.41) is 9.00. The van der Waals surface area contributed by atoms with Gasteiger partial charge in [-0.15, -0.1) is 0 Å². The first kappa shape index (κ1) is 22.7. The molecule has 1 aromatic rings. The van der Waals surface area contributed by atoms with Crippen molar-refractivity contribution in [3.8, 4) is 0 Å². The molecule has 2 amide bonds. The van der Waals surface area contributed by atoms with Gasteiger partial charge in [0.1, 0.15) is 11.9 Å². The molecule has 2 rings (SSSR count). The van der Waals surface area contributed by atoms with E-state index >= 15 is 0 Å². The first-order valence-corrected chi connectivity index (χ1v) is 9.36. The van der Waals surface area contributed by atoms with Crippen molar-refractivity contribution in [1.82, 2.24) is 19.8 Å². The molecule has 1 fully saturated rings. The number of piperidine rings is 1. The predicted molar refractivity (Wildman–Crippen MR) is 99.1 cm³/mol. The average molecular weight is 417 g/mol. The van der Waals surface area contributed by atoms with Crippen molar-refractivity contribution in [2.45, 2.75) is 51.7 Å². The summed E-state index contributed by atoms with van der Waals surface area (Å²) < 4.78 is 38.3. The summed E-state index contributed by atoms with van der Waals surface area (Å²) in [4.78, 5) is 33.0. The zero-order chi connectivity index (χ0) is 21.9. The smallest absolute Gasteiger partial charge is 0.451 e. The minimum Gasteiger partial charge on any atom is -0.465 e. The van der Waals surface area contributed by atoms with Gasteiger partial charge in [-0.25, -0.2) is 14.8 Å². The van der Waals surface area contributed by atoms with Crippen molar-refractivity contribution in [2.75, 3.05) is 25.9 Å². The number of carbonyl (C=O) groups excluding carboxylic acids is 1. The Hall–Kier alpha value is -2.59. The highest BCUT2D eigenvalue weighted by atomic mass is 19.4. The van der Waals surface area contributed by atoms with Crippen LogP contribution in [0.2, 0.25) is 0 Å². The standard InChI is InChI=1S/C18H26F3N5O3/c1-10-13(14(22)24-16(23-10)18(19,20)21)5-4-12-6-8-26(9-7-12)15(27)11(2)25(3)17(28)29/h11-12H,4-9H2,1-3H3,(H,28,29)(H2,22,23,24)/t11-/m0/s1. The van der Waals surface area contributed by atoms with Crippen LogP contribution in [-0.2, 0) is 17.4 Å². The molecule has 3 N–H and O–H groups in total. The molecular formula is C18H26F3N5O3. The third-order valence-electron chi connectivity index (χ3n) is 5.47. The van der Waals surface area contributed by atoms with E-state index in [0.29, 0.717) is 31.5 Å². The van der Waals surface area contributed by atoms with E-state index in [2.05, 4.69) is 9.97 Å². The van der Waals surface area contributed by atoms with Crippen LogP contribution < -0.4 is 5.73 Å². The Morgan fingerprint density at radius 1 is 1.31 bits per heavy atom. The number of aromatic nitrogens is 2. The highest BCUT2D eigenvalue weighted by molar-refractivity contribution is 5.84. The summed E-state index contributed by atoms with van der Waals surface area (Å²) in [6.07, 6.45) is -3.17. The van der Waals surface area contributed by atoms with Gasteiger partial charge in [0.2, 0.25) is 11.7 Å². The Bertz CT molecular complexity index is 741. The van der Waals surface area contributed by atoms with Crippen LogP contribution >= 0.6 is 0 Å². The van der Waals surface area contributed by atoms with Crippen LogP contribution in [-0.4, -0.2) is 63.1 Å². The lowest BCUT2D eigenvalue weighted by Crippen LogP contribution is -2.49. The van der Waals surface area contributed by atoms with Crippen LogP contribution in [0.4, 0.5) is 23.8 Å². The normalized spacial score (nSPS) is 16.6. The van der Waals surface area contributed by atoms with Gasteiger partial charge >= 0.3 is 12.3 Å². The van der Waals surface area contributed by atoms with Crippen molar-refractivity contribution >= 4 is 17.8 Å². The van der Waals surface area contributed by atoms with E-state index in [1.807, 2.05) is 0 Å². The van der Waals surface area contributed by atoms with Crippen molar-refractivity contribution in [2.24, 2.45) is 5.92 Å². The van der Waals surface area contributed by atoms with E-state index in [1.54, 1.807) is 11.8 Å². The number of halogens is 3. The number of likely N-dealkylation sites (N-methyl/N-ethyl adjacent to an activating group) is 1. The first-order chi connectivity index (χ1) is 13.4. The number of anilines is 1. The molecular weight excluding hydrogens is 391 g/mol. The Morgan fingerprint density at radius 3 is 2.38 bits per heavy atom. The lowest BCUT2D eigenvalue weighted by molar-refractivity contribution is -0.145. The number of nitrogens with zero attached hydrogens (tertiary/aromatic N) is 4. The molecule has 29 heavy (non-hydrogen) atoms. The highest BCUT2D eigenvalue weighted by Gasteiger charge is 2.36. The number of likely N-dealkylation sites (tertiary alicyclic amines) is 1. The number of aryl methyl sites for hydroxylation is 1. The molecule has 0 aromatic carbocycles. The van der Waals surface area contributed by atoms with Gasteiger partial charge in [-0.1, -0.05) is 0 Å². The fraction of sp³-hybridized carbons (Fsp3) is 0.667. The third kappa shape index (κ3) is 5.48. The summed E-state index contributed by atoms with van der Waals surface area (Å²) in [5.74, 6) is -1.33. The molecule has 8 nitrogen and oxygen atoms in total. The largest absolute Gasteiger partial charge is 0.465 e. The molecule has 1 atom stereocenters. The van der Waals surface area contributed by atoms with E-state index in [4.69, 9.17) is 10.8 Å². The summed E-state index contributed by atoms with van der Waals surface area (Å²) >= 11 is 0. The second-order valence-corrected chi connectivity index (χ2v) is 7.37. The summed E-state index contributed by atoms with van der Waals surface area (Å²) in [6, 6.07) is -0.754. The van der Waals surface area contributed by atoms with E-state index < -0.39 is 24.1 Å². The molecule has 2 heterocycles. The molecule has 0 bridgehead atoms. The number of nitrogens with two attached hydrogens (primary N) is 1. The van der Waals surface area contributed by atoms with Crippen LogP contribution in [0.3, 0.4) is 0 Å². The zero-order valence-corrected chi connectivity index (χ0v) is 16.7. The second kappa shape index (κ2) is 8.83. The molecule has 1 saturated heterocycles. The fourth-order valence-corrected chi connectivity index (χ4v) is 3.44. The number of carbonyl (C=O) groups is 2. The van der Waals surface area contributed by atoms with Crippen molar-refractivity contribution in [3.05, 3.63) is 17.1 Å². The van der Waals surface area contributed by atoms with Gasteiger partial charge in [0.15, 0.2) is 0 Å². The number of hydrogen-bond donors (Lipinski definition) is 2. The summed E-state index contributed by atoms with van der Waals surface area (Å²) in [7, 11) is 1.36. The van der Waals surface area contributed by atoms with Crippen LogP contribution in [0.5, 0.6) is 0 Å². The average Bonchev–Trinajstić information content (AvgIpc) is 2.65. The lowest BCUT2D eigenvalue weighted by atomic mass is 9.90. The Balaban J connectivity index is 1.91. The monoisotopic (exact) mass is 417 g/mol. The topological polar surface area (TPSA) is 113 Å². The number of nitrogen functional groups attached to an aromatic ring is 1. The molecule has 0 radical (unpaired) electrons. The molecule has 0 saturated carbocycles. The number of carboxylic acid groups (broad SMARTS) is 1. The van der Waals surface area contributed by atoms with Gasteiger partial charge < -0.3 is 15.7 Å². The maximum Gasteiger partial charge on any atom is 0.451 e. The first-order valence-electron chi connectivity index (χ1n) is 9.36. The van der Waals surface area contributed by atoms with Crippen LogP contribution in [0.25, 0.3) is 0 Å². The molecule has 0 spiro atoms. The predicted octanol–water partition coefficient (Wildman–Crippen LogP) is 2.56. The van der Waals surface area contributed by atoms with Crippen LogP contribution in [0, 0.1) is 12.8 Å². The summed E-state index contributed by atoms with van der Waals surface area (Å²) in [5.41, 5.74) is 6.47. The maximum absolute atomic E-state index is 12.8. The van der Waals surface area contributed by atoms with Crippen molar-refractivity contribution in [1.29, 1.82) is 0 Å². The second-order valence-electron chi connectivity index (χ2n) is 7.37.